The first-order chi connectivity index (χ1) is 14.8. The Morgan fingerprint density at radius 2 is 1.90 bits per heavy atom. The fourth-order valence-corrected chi connectivity index (χ4v) is 3.06. The van der Waals surface area contributed by atoms with Crippen LogP contribution in [-0.2, 0) is 11.2 Å². The number of carbonyl (C=O) groups excluding carboxylic acids is 1. The minimum atomic E-state index is -0.583. The molecule has 0 aromatic carbocycles. The first kappa shape index (κ1) is 26.1. The predicted octanol–water partition coefficient (Wildman–Crippen LogP) is 4.63. The van der Waals surface area contributed by atoms with Crippen LogP contribution < -0.4 is 15.8 Å². The summed E-state index contributed by atoms with van der Waals surface area (Å²) >= 11 is 0. The largest absolute Gasteiger partial charge is 0.477 e. The second-order valence-electron chi connectivity index (χ2n) is 6.74. The maximum Gasteiger partial charge on any atom is 0.254 e. The number of primary amides is 1. The Kier molecular flexibility index (Phi) is 10.7. The average Bonchev–Trinajstić information content (AvgIpc) is 2.75. The molecule has 0 aliphatic heterocycles. The molecule has 0 fully saturated rings. The minimum absolute atomic E-state index is 0.249. The van der Waals surface area contributed by atoms with E-state index in [4.69, 9.17) is 20.2 Å². The van der Waals surface area contributed by atoms with Crippen molar-refractivity contribution in [2.45, 2.75) is 48.0 Å². The summed E-state index contributed by atoms with van der Waals surface area (Å²) in [6.45, 7) is 17.4. The van der Waals surface area contributed by atoms with Crippen molar-refractivity contribution >= 4 is 17.2 Å². The molecule has 0 unspecified atom stereocenters. The SMILES string of the molecule is C=C(C)c1nc(-c2cc(C(N)=O)c(OCC)nc2CC)c(C)cc1NCCOC.CC. The summed E-state index contributed by atoms with van der Waals surface area (Å²) in [5.74, 6) is -0.322. The standard InChI is InChI=1S/C22H30N4O3.C2H6/c1-7-17-15(12-16(21(23)27)22(25-17)29-8-2)20-14(5)11-18(24-9-10-28-6)19(26-20)13(3)4;1-2/h11-12,24H,3,7-10H2,1-2,4-6H3,(H2,23,27);1-2H3. The van der Waals surface area contributed by atoms with Crippen LogP contribution in [0, 0.1) is 6.92 Å². The van der Waals surface area contributed by atoms with Gasteiger partial charge in [-0.2, -0.15) is 0 Å². The number of carbonyl (C=O) groups is 1. The van der Waals surface area contributed by atoms with Crippen molar-refractivity contribution in [2.75, 3.05) is 32.2 Å². The quantitative estimate of drug-likeness (QED) is 0.535. The first-order valence-corrected chi connectivity index (χ1v) is 10.7. The van der Waals surface area contributed by atoms with Crippen molar-refractivity contribution in [3.05, 3.63) is 41.2 Å². The Morgan fingerprint density at radius 1 is 1.23 bits per heavy atom. The number of aromatic nitrogens is 2. The van der Waals surface area contributed by atoms with Crippen LogP contribution in [0.1, 0.15) is 61.9 Å². The molecule has 0 saturated heterocycles. The summed E-state index contributed by atoms with van der Waals surface area (Å²) in [5.41, 5.74) is 11.6. The summed E-state index contributed by atoms with van der Waals surface area (Å²) in [5, 5.41) is 3.34. The molecule has 7 nitrogen and oxygen atoms in total. The molecule has 0 radical (unpaired) electrons. The maximum atomic E-state index is 12.0. The molecule has 7 heteroatoms. The molecule has 0 atom stereocenters. The highest BCUT2D eigenvalue weighted by atomic mass is 16.5. The number of methoxy groups -OCH3 is 1. The molecule has 170 valence electrons. The first-order valence-electron chi connectivity index (χ1n) is 10.7. The lowest BCUT2D eigenvalue weighted by Crippen LogP contribution is -2.16. The number of nitrogens with one attached hydrogen (secondary N) is 1. The van der Waals surface area contributed by atoms with Gasteiger partial charge in [0.25, 0.3) is 5.91 Å². The Labute approximate surface area is 186 Å². The van der Waals surface area contributed by atoms with Gasteiger partial charge in [-0.1, -0.05) is 27.4 Å². The zero-order chi connectivity index (χ0) is 23.6. The van der Waals surface area contributed by atoms with Gasteiger partial charge in [0, 0.05) is 19.2 Å². The Balaban J connectivity index is 0.00000233. The number of allylic oxidation sites excluding steroid dienone is 1. The highest BCUT2D eigenvalue weighted by Gasteiger charge is 2.20. The Morgan fingerprint density at radius 3 is 2.42 bits per heavy atom. The summed E-state index contributed by atoms with van der Waals surface area (Å²) < 4.78 is 10.6. The molecule has 2 aromatic rings. The molecule has 0 aliphatic rings. The fraction of sp³-hybridized carbons (Fsp3) is 0.458. The van der Waals surface area contributed by atoms with Gasteiger partial charge >= 0.3 is 0 Å². The van der Waals surface area contributed by atoms with Gasteiger partial charge in [-0.05, 0) is 50.5 Å². The van der Waals surface area contributed by atoms with E-state index in [1.54, 1.807) is 13.2 Å². The molecule has 2 rings (SSSR count). The Bertz CT molecular complexity index is 910. The molecule has 2 aromatic heterocycles. The number of ether oxygens (including phenoxy) is 2. The van der Waals surface area contributed by atoms with Gasteiger partial charge in [0.15, 0.2) is 0 Å². The van der Waals surface area contributed by atoms with Crippen molar-refractivity contribution in [3.63, 3.8) is 0 Å². The van der Waals surface area contributed by atoms with E-state index >= 15 is 0 Å². The van der Waals surface area contributed by atoms with E-state index in [2.05, 4.69) is 16.9 Å². The smallest absolute Gasteiger partial charge is 0.254 e. The number of amides is 1. The molecule has 0 aliphatic carbocycles. The number of aryl methyl sites for hydroxylation is 2. The lowest BCUT2D eigenvalue weighted by Gasteiger charge is -2.18. The third-order valence-electron chi connectivity index (χ3n) is 4.44. The molecule has 2 heterocycles. The van der Waals surface area contributed by atoms with E-state index in [1.165, 1.54) is 0 Å². The molecule has 0 bridgehead atoms. The Hall–Kier alpha value is -2.93. The topological polar surface area (TPSA) is 99.4 Å². The molecule has 0 saturated carbocycles. The van der Waals surface area contributed by atoms with Crippen LogP contribution >= 0.6 is 0 Å². The van der Waals surface area contributed by atoms with Crippen LogP contribution in [0.5, 0.6) is 5.88 Å². The molecular weight excluding hydrogens is 392 g/mol. The van der Waals surface area contributed by atoms with E-state index in [0.29, 0.717) is 26.2 Å². The van der Waals surface area contributed by atoms with Crippen molar-refractivity contribution in [1.29, 1.82) is 0 Å². The number of pyridine rings is 2. The van der Waals surface area contributed by atoms with Crippen LogP contribution in [0.2, 0.25) is 0 Å². The predicted molar refractivity (Wildman–Crippen MR) is 128 cm³/mol. The highest BCUT2D eigenvalue weighted by Crippen LogP contribution is 2.33. The third-order valence-corrected chi connectivity index (χ3v) is 4.44. The zero-order valence-electron chi connectivity index (χ0n) is 19.9. The summed E-state index contributed by atoms with van der Waals surface area (Å²) in [4.78, 5) is 21.4. The highest BCUT2D eigenvalue weighted by molar-refractivity contribution is 5.96. The second-order valence-corrected chi connectivity index (χ2v) is 6.74. The lowest BCUT2D eigenvalue weighted by atomic mass is 9.99. The second kappa shape index (κ2) is 12.7. The number of hydrogen-bond acceptors (Lipinski definition) is 6. The molecular formula is C24H36N4O3. The molecule has 0 spiro atoms. The minimum Gasteiger partial charge on any atom is -0.477 e. The van der Waals surface area contributed by atoms with Crippen LogP contribution in [0.15, 0.2) is 18.7 Å². The van der Waals surface area contributed by atoms with Crippen LogP contribution in [0.3, 0.4) is 0 Å². The normalized spacial score (nSPS) is 10.2. The molecule has 1 amide bonds. The van der Waals surface area contributed by atoms with E-state index in [0.717, 1.165) is 39.5 Å². The van der Waals surface area contributed by atoms with Gasteiger partial charge in [0.05, 0.1) is 36.0 Å². The van der Waals surface area contributed by atoms with Crippen LogP contribution in [0.25, 0.3) is 16.8 Å². The van der Waals surface area contributed by atoms with Crippen LogP contribution in [0.4, 0.5) is 5.69 Å². The van der Waals surface area contributed by atoms with Crippen molar-refractivity contribution in [3.8, 4) is 17.1 Å². The van der Waals surface area contributed by atoms with Gasteiger partial charge in [-0.15, -0.1) is 0 Å². The van der Waals surface area contributed by atoms with Gasteiger partial charge in [0.2, 0.25) is 5.88 Å². The van der Waals surface area contributed by atoms with Crippen LogP contribution in [-0.4, -0.2) is 42.7 Å². The van der Waals surface area contributed by atoms with Gasteiger partial charge < -0.3 is 20.5 Å². The van der Waals surface area contributed by atoms with Crippen molar-refractivity contribution in [1.82, 2.24) is 9.97 Å². The monoisotopic (exact) mass is 428 g/mol. The van der Waals surface area contributed by atoms with Crippen molar-refractivity contribution in [2.24, 2.45) is 5.73 Å². The van der Waals surface area contributed by atoms with E-state index in [9.17, 15) is 4.79 Å². The fourth-order valence-electron chi connectivity index (χ4n) is 3.06. The molecule has 3 N–H and O–H groups in total. The number of hydrogen-bond donors (Lipinski definition) is 2. The number of rotatable bonds is 10. The summed E-state index contributed by atoms with van der Waals surface area (Å²) in [7, 11) is 1.66. The zero-order valence-corrected chi connectivity index (χ0v) is 19.9. The number of anilines is 1. The van der Waals surface area contributed by atoms with E-state index in [-0.39, 0.29) is 11.4 Å². The van der Waals surface area contributed by atoms with Gasteiger partial charge in [0.1, 0.15) is 5.56 Å². The maximum absolute atomic E-state index is 12.0. The lowest BCUT2D eigenvalue weighted by molar-refractivity contribution is 0.0995. The van der Waals surface area contributed by atoms with E-state index in [1.807, 2.05) is 47.6 Å². The van der Waals surface area contributed by atoms with Gasteiger partial charge in [-0.25, -0.2) is 9.97 Å². The molecule has 31 heavy (non-hydrogen) atoms. The number of nitrogens with two attached hydrogens (primary N) is 1. The third kappa shape index (κ3) is 6.52. The summed E-state index contributed by atoms with van der Waals surface area (Å²) in [6, 6.07) is 3.76. The van der Waals surface area contributed by atoms with E-state index < -0.39 is 5.91 Å². The van der Waals surface area contributed by atoms with Gasteiger partial charge in [-0.3, -0.25) is 4.79 Å². The summed E-state index contributed by atoms with van der Waals surface area (Å²) in [6.07, 6.45) is 0.659. The average molecular weight is 429 g/mol. The van der Waals surface area contributed by atoms with Crippen molar-refractivity contribution < 1.29 is 14.3 Å². The number of nitrogens with zero attached hydrogens (tertiary/aromatic N) is 2.